The van der Waals surface area contributed by atoms with Crippen molar-refractivity contribution in [3.8, 4) is 0 Å². The molecule has 1 fully saturated rings. The molecule has 18 heavy (non-hydrogen) atoms. The first-order valence-corrected chi connectivity index (χ1v) is 7.86. The Morgan fingerprint density at radius 2 is 2.11 bits per heavy atom. The average molecular weight is 278 g/mol. The van der Waals surface area contributed by atoms with E-state index in [0.29, 0.717) is 12.5 Å². The molecule has 0 aromatic rings. The molecular formula is C11H22N2O4S. The van der Waals surface area contributed by atoms with Gasteiger partial charge in [0.15, 0.2) is 5.78 Å². The maximum atomic E-state index is 11.6. The summed E-state index contributed by atoms with van der Waals surface area (Å²) in [5, 5.41) is 8.72. The molecular weight excluding hydrogens is 256 g/mol. The summed E-state index contributed by atoms with van der Waals surface area (Å²) in [6, 6.07) is 0.140. The van der Waals surface area contributed by atoms with Gasteiger partial charge >= 0.3 is 0 Å². The van der Waals surface area contributed by atoms with Crippen molar-refractivity contribution in [2.24, 2.45) is 5.92 Å². The molecule has 0 bridgehead atoms. The standard InChI is InChI=1S/C11H22N2O4S/c1-9-4-10(12(2)5-9)6-13(18(3,16)17)7-11(15)8-14/h9-10,14H,4-8H2,1-3H3. The predicted molar refractivity (Wildman–Crippen MR) is 68.7 cm³/mol. The smallest absolute Gasteiger partial charge is 0.211 e. The number of hydrogen-bond acceptors (Lipinski definition) is 5. The van der Waals surface area contributed by atoms with Crippen molar-refractivity contribution in [3.63, 3.8) is 0 Å². The molecule has 1 rings (SSSR count). The van der Waals surface area contributed by atoms with Crippen LogP contribution in [0, 0.1) is 5.92 Å². The van der Waals surface area contributed by atoms with E-state index in [0.717, 1.165) is 23.5 Å². The SMILES string of the molecule is CC1CC(CN(CC(=O)CO)S(C)(=O)=O)N(C)C1. The zero-order valence-corrected chi connectivity index (χ0v) is 12.0. The second kappa shape index (κ2) is 6.10. The third kappa shape index (κ3) is 4.31. The Morgan fingerprint density at radius 1 is 1.50 bits per heavy atom. The number of sulfonamides is 1. The molecule has 1 aliphatic heterocycles. The number of ketones is 1. The Kier molecular flexibility index (Phi) is 5.27. The number of Topliss-reactive ketones (excluding diaryl/α,β-unsaturated/α-hetero) is 1. The van der Waals surface area contributed by atoms with Gasteiger partial charge in [0.25, 0.3) is 0 Å². The topological polar surface area (TPSA) is 77.9 Å². The number of rotatable bonds is 6. The van der Waals surface area contributed by atoms with E-state index in [1.807, 2.05) is 7.05 Å². The van der Waals surface area contributed by atoms with Crippen LogP contribution in [0.2, 0.25) is 0 Å². The molecule has 2 unspecified atom stereocenters. The van der Waals surface area contributed by atoms with Gasteiger partial charge in [-0.05, 0) is 19.4 Å². The summed E-state index contributed by atoms with van der Waals surface area (Å²) in [5.41, 5.74) is 0. The minimum absolute atomic E-state index is 0.140. The molecule has 106 valence electrons. The minimum atomic E-state index is -3.42. The average Bonchev–Trinajstić information content (AvgIpc) is 2.55. The van der Waals surface area contributed by atoms with Gasteiger partial charge in [-0.2, -0.15) is 4.31 Å². The van der Waals surface area contributed by atoms with Crippen molar-refractivity contribution in [2.45, 2.75) is 19.4 Å². The van der Waals surface area contributed by atoms with E-state index in [1.165, 1.54) is 0 Å². The van der Waals surface area contributed by atoms with E-state index in [2.05, 4.69) is 11.8 Å². The van der Waals surface area contributed by atoms with Gasteiger partial charge in [-0.15, -0.1) is 0 Å². The van der Waals surface area contributed by atoms with Crippen LogP contribution in [-0.2, 0) is 14.8 Å². The summed E-state index contributed by atoms with van der Waals surface area (Å²) in [7, 11) is -1.46. The van der Waals surface area contributed by atoms with Gasteiger partial charge in [0.05, 0.1) is 12.8 Å². The van der Waals surface area contributed by atoms with Crippen LogP contribution in [0.25, 0.3) is 0 Å². The number of nitrogens with zero attached hydrogens (tertiary/aromatic N) is 2. The Bertz CT molecular complexity index is 396. The highest BCUT2D eigenvalue weighted by Crippen LogP contribution is 2.22. The van der Waals surface area contributed by atoms with Crippen LogP contribution in [0.15, 0.2) is 0 Å². The van der Waals surface area contributed by atoms with E-state index < -0.39 is 22.4 Å². The van der Waals surface area contributed by atoms with Gasteiger partial charge in [-0.25, -0.2) is 8.42 Å². The first kappa shape index (κ1) is 15.6. The Hall–Kier alpha value is -0.500. The molecule has 1 saturated heterocycles. The molecule has 1 heterocycles. The lowest BCUT2D eigenvalue weighted by Crippen LogP contribution is -2.44. The van der Waals surface area contributed by atoms with Gasteiger partial charge < -0.3 is 10.0 Å². The lowest BCUT2D eigenvalue weighted by molar-refractivity contribution is -0.122. The molecule has 0 radical (unpaired) electrons. The summed E-state index contributed by atoms with van der Waals surface area (Å²) in [4.78, 5) is 13.3. The maximum absolute atomic E-state index is 11.6. The van der Waals surface area contributed by atoms with Crippen molar-refractivity contribution in [1.29, 1.82) is 0 Å². The van der Waals surface area contributed by atoms with Crippen molar-refractivity contribution >= 4 is 15.8 Å². The molecule has 0 spiro atoms. The van der Waals surface area contributed by atoms with Crippen LogP contribution < -0.4 is 0 Å². The molecule has 0 saturated carbocycles. The summed E-state index contributed by atoms with van der Waals surface area (Å²) >= 11 is 0. The third-order valence-electron chi connectivity index (χ3n) is 3.31. The molecule has 2 atom stereocenters. The first-order valence-electron chi connectivity index (χ1n) is 6.02. The zero-order chi connectivity index (χ0) is 13.9. The number of carbonyl (C=O) groups is 1. The van der Waals surface area contributed by atoms with E-state index in [1.54, 1.807) is 0 Å². The summed E-state index contributed by atoms with van der Waals surface area (Å²) in [6.07, 6.45) is 2.02. The fourth-order valence-electron chi connectivity index (χ4n) is 2.37. The number of likely N-dealkylation sites (N-methyl/N-ethyl adjacent to an activating group) is 1. The fraction of sp³-hybridized carbons (Fsp3) is 0.909. The van der Waals surface area contributed by atoms with E-state index in [9.17, 15) is 13.2 Å². The van der Waals surface area contributed by atoms with E-state index >= 15 is 0 Å². The molecule has 0 aromatic heterocycles. The highest BCUT2D eigenvalue weighted by atomic mass is 32.2. The number of aliphatic hydroxyl groups excluding tert-OH is 1. The van der Waals surface area contributed by atoms with E-state index in [4.69, 9.17) is 5.11 Å². The second-order valence-corrected chi connectivity index (χ2v) is 7.17. The van der Waals surface area contributed by atoms with Crippen LogP contribution in [0.3, 0.4) is 0 Å². The Balaban J connectivity index is 2.70. The second-order valence-electron chi connectivity index (χ2n) is 5.19. The summed E-state index contributed by atoms with van der Waals surface area (Å²) in [5.74, 6) is 0.0593. The first-order chi connectivity index (χ1) is 8.24. The van der Waals surface area contributed by atoms with Gasteiger partial charge in [0.1, 0.15) is 6.61 Å². The molecule has 0 aliphatic carbocycles. The van der Waals surface area contributed by atoms with Gasteiger partial charge in [0.2, 0.25) is 10.0 Å². The maximum Gasteiger partial charge on any atom is 0.211 e. The molecule has 7 heteroatoms. The predicted octanol–water partition coefficient (Wildman–Crippen LogP) is -0.850. The molecule has 0 amide bonds. The van der Waals surface area contributed by atoms with Crippen molar-refractivity contribution in [1.82, 2.24) is 9.21 Å². The Morgan fingerprint density at radius 3 is 2.50 bits per heavy atom. The summed E-state index contributed by atoms with van der Waals surface area (Å²) < 4.78 is 24.4. The molecule has 0 aromatic carbocycles. The minimum Gasteiger partial charge on any atom is -0.389 e. The van der Waals surface area contributed by atoms with Crippen molar-refractivity contribution < 1.29 is 18.3 Å². The normalized spacial score (nSPS) is 25.8. The van der Waals surface area contributed by atoms with E-state index in [-0.39, 0.29) is 12.6 Å². The zero-order valence-electron chi connectivity index (χ0n) is 11.2. The van der Waals surface area contributed by atoms with Crippen LogP contribution >= 0.6 is 0 Å². The van der Waals surface area contributed by atoms with Crippen LogP contribution in [0.1, 0.15) is 13.3 Å². The lowest BCUT2D eigenvalue weighted by Gasteiger charge is -2.26. The Labute approximate surface area is 109 Å². The van der Waals surface area contributed by atoms with Gasteiger partial charge in [-0.1, -0.05) is 6.92 Å². The highest BCUT2D eigenvalue weighted by molar-refractivity contribution is 7.88. The molecule has 1 aliphatic rings. The summed E-state index contributed by atoms with van der Waals surface area (Å²) in [6.45, 7) is 2.51. The highest BCUT2D eigenvalue weighted by Gasteiger charge is 2.31. The number of hydrogen-bond donors (Lipinski definition) is 1. The lowest BCUT2D eigenvalue weighted by atomic mass is 10.1. The van der Waals surface area contributed by atoms with Gasteiger partial charge in [-0.3, -0.25) is 4.79 Å². The van der Waals surface area contributed by atoms with Crippen LogP contribution in [-0.4, -0.2) is 74.1 Å². The van der Waals surface area contributed by atoms with Crippen molar-refractivity contribution in [3.05, 3.63) is 0 Å². The van der Waals surface area contributed by atoms with Crippen molar-refractivity contribution in [2.75, 3.05) is 39.5 Å². The quantitative estimate of drug-likeness (QED) is 0.685. The largest absolute Gasteiger partial charge is 0.389 e. The third-order valence-corrected chi connectivity index (χ3v) is 4.53. The molecule has 1 N–H and O–H groups in total. The monoisotopic (exact) mass is 278 g/mol. The number of carbonyl (C=O) groups excluding carboxylic acids is 1. The van der Waals surface area contributed by atoms with Crippen LogP contribution in [0.5, 0.6) is 0 Å². The number of likely N-dealkylation sites (tertiary alicyclic amines) is 1. The molecule has 6 nitrogen and oxygen atoms in total. The fourth-order valence-corrected chi connectivity index (χ4v) is 3.19. The van der Waals surface area contributed by atoms with Crippen LogP contribution in [0.4, 0.5) is 0 Å². The number of aliphatic hydroxyl groups is 1. The van der Waals surface area contributed by atoms with Gasteiger partial charge in [0, 0.05) is 19.1 Å².